The molecule has 0 aliphatic carbocycles. The van der Waals surface area contributed by atoms with E-state index in [9.17, 15) is 14.9 Å². The van der Waals surface area contributed by atoms with Gasteiger partial charge in [-0.25, -0.2) is 4.98 Å². The fourth-order valence-electron chi connectivity index (χ4n) is 2.29. The zero-order chi connectivity index (χ0) is 14.7. The van der Waals surface area contributed by atoms with Crippen molar-refractivity contribution in [2.24, 2.45) is 11.7 Å². The number of nitro groups is 1. The molecule has 8 heteroatoms. The number of pyridine rings is 1. The molecule has 1 aliphatic rings. The van der Waals surface area contributed by atoms with Gasteiger partial charge in [0.25, 0.3) is 5.69 Å². The molecule has 0 unspecified atom stereocenters. The number of rotatable bonds is 4. The molecule has 0 radical (unpaired) electrons. The Morgan fingerprint density at radius 1 is 1.50 bits per heavy atom. The Morgan fingerprint density at radius 2 is 2.15 bits per heavy atom. The minimum Gasteiger partial charge on any atom is -0.373 e. The van der Waals surface area contributed by atoms with Crippen molar-refractivity contribution in [2.45, 2.75) is 12.8 Å². The number of nitrogens with zero attached hydrogens (tertiary/aromatic N) is 3. The Hall–Kier alpha value is -2.38. The lowest BCUT2D eigenvalue weighted by Gasteiger charge is -2.31. The van der Waals surface area contributed by atoms with Crippen LogP contribution in [0.4, 0.5) is 17.3 Å². The van der Waals surface area contributed by atoms with Gasteiger partial charge in [0.05, 0.1) is 17.1 Å². The molecule has 1 fully saturated rings. The van der Waals surface area contributed by atoms with Gasteiger partial charge in [-0.15, -0.1) is 0 Å². The van der Waals surface area contributed by atoms with E-state index in [1.165, 1.54) is 12.1 Å². The van der Waals surface area contributed by atoms with Gasteiger partial charge < -0.3 is 16.0 Å². The highest BCUT2D eigenvalue weighted by atomic mass is 16.6. The van der Waals surface area contributed by atoms with Crippen molar-refractivity contribution in [2.75, 3.05) is 30.4 Å². The molecular formula is C12H17N5O3. The summed E-state index contributed by atoms with van der Waals surface area (Å²) in [6, 6.07) is 2.84. The molecule has 0 aromatic carbocycles. The Balaban J connectivity index is 2.19. The molecular weight excluding hydrogens is 262 g/mol. The maximum atomic E-state index is 11.1. The van der Waals surface area contributed by atoms with Gasteiger partial charge in [-0.2, -0.15) is 0 Å². The largest absolute Gasteiger partial charge is 0.373 e. The van der Waals surface area contributed by atoms with Crippen LogP contribution in [0.2, 0.25) is 0 Å². The number of nitrogens with one attached hydrogen (secondary N) is 1. The molecule has 1 aromatic heterocycles. The number of piperidine rings is 1. The first kappa shape index (κ1) is 14.0. The van der Waals surface area contributed by atoms with Crippen LogP contribution < -0.4 is 16.0 Å². The van der Waals surface area contributed by atoms with Crippen LogP contribution in [0.25, 0.3) is 0 Å². The Labute approximate surface area is 116 Å². The summed E-state index contributed by atoms with van der Waals surface area (Å²) < 4.78 is 0. The molecule has 1 amide bonds. The first-order valence-corrected chi connectivity index (χ1v) is 6.39. The number of amides is 1. The first-order valence-electron chi connectivity index (χ1n) is 6.39. The highest BCUT2D eigenvalue weighted by Gasteiger charge is 2.25. The average molecular weight is 279 g/mol. The summed E-state index contributed by atoms with van der Waals surface area (Å²) in [5.41, 5.74) is 5.29. The van der Waals surface area contributed by atoms with E-state index in [4.69, 9.17) is 5.73 Å². The molecule has 1 aromatic rings. The van der Waals surface area contributed by atoms with Gasteiger partial charge in [0.1, 0.15) is 11.6 Å². The van der Waals surface area contributed by atoms with Crippen molar-refractivity contribution in [3.63, 3.8) is 0 Å². The van der Waals surface area contributed by atoms with Crippen molar-refractivity contribution in [3.05, 3.63) is 22.2 Å². The standard InChI is InChI=1S/C12H17N5O3/c1-14-10-6-9(17(19)20)7-11(15-10)16-4-2-8(3-5-16)12(13)18/h6-8H,2-5H2,1H3,(H2,13,18)(H,14,15). The summed E-state index contributed by atoms with van der Waals surface area (Å²) in [5, 5.41) is 13.7. The summed E-state index contributed by atoms with van der Waals surface area (Å²) in [6.45, 7) is 1.23. The summed E-state index contributed by atoms with van der Waals surface area (Å²) in [6.07, 6.45) is 1.29. The number of carbonyl (C=O) groups excluding carboxylic acids is 1. The average Bonchev–Trinajstić information content (AvgIpc) is 2.46. The van der Waals surface area contributed by atoms with Crippen LogP contribution >= 0.6 is 0 Å². The van der Waals surface area contributed by atoms with Crippen molar-refractivity contribution in [1.29, 1.82) is 0 Å². The summed E-state index contributed by atoms with van der Waals surface area (Å²) in [5.74, 6) is 0.596. The SMILES string of the molecule is CNc1cc([N+](=O)[O-])cc(N2CCC(C(N)=O)CC2)n1. The quantitative estimate of drug-likeness (QED) is 0.620. The maximum absolute atomic E-state index is 11.1. The molecule has 2 rings (SSSR count). The Morgan fingerprint density at radius 3 is 2.65 bits per heavy atom. The van der Waals surface area contributed by atoms with Gasteiger partial charge in [-0.05, 0) is 12.8 Å². The number of hydrogen-bond donors (Lipinski definition) is 2. The van der Waals surface area contributed by atoms with E-state index >= 15 is 0 Å². The maximum Gasteiger partial charge on any atom is 0.276 e. The molecule has 8 nitrogen and oxygen atoms in total. The topological polar surface area (TPSA) is 114 Å². The van der Waals surface area contributed by atoms with Crippen LogP contribution in [0.1, 0.15) is 12.8 Å². The van der Waals surface area contributed by atoms with Crippen molar-refractivity contribution in [1.82, 2.24) is 4.98 Å². The van der Waals surface area contributed by atoms with E-state index in [1.54, 1.807) is 7.05 Å². The lowest BCUT2D eigenvalue weighted by atomic mass is 9.96. The van der Waals surface area contributed by atoms with Crippen LogP contribution in [0.3, 0.4) is 0 Å². The van der Waals surface area contributed by atoms with Gasteiger partial charge in [0, 0.05) is 26.1 Å². The van der Waals surface area contributed by atoms with Crippen LogP contribution in [-0.2, 0) is 4.79 Å². The van der Waals surface area contributed by atoms with Gasteiger partial charge in [-0.1, -0.05) is 0 Å². The van der Waals surface area contributed by atoms with E-state index in [0.29, 0.717) is 37.6 Å². The van der Waals surface area contributed by atoms with E-state index in [0.717, 1.165) is 0 Å². The summed E-state index contributed by atoms with van der Waals surface area (Å²) in [4.78, 5) is 27.9. The number of anilines is 2. The normalized spacial score (nSPS) is 15.9. The number of hydrogen-bond acceptors (Lipinski definition) is 6. The highest BCUT2D eigenvalue weighted by Crippen LogP contribution is 2.26. The number of aromatic nitrogens is 1. The second kappa shape index (κ2) is 5.72. The van der Waals surface area contributed by atoms with Crippen molar-refractivity contribution in [3.8, 4) is 0 Å². The smallest absolute Gasteiger partial charge is 0.276 e. The third kappa shape index (κ3) is 2.95. The molecule has 2 heterocycles. The van der Waals surface area contributed by atoms with E-state index in [2.05, 4.69) is 10.3 Å². The van der Waals surface area contributed by atoms with Gasteiger partial charge in [-0.3, -0.25) is 14.9 Å². The molecule has 0 saturated carbocycles. The predicted octanol–water partition coefficient (Wildman–Crippen LogP) is 0.733. The van der Waals surface area contributed by atoms with Crippen LogP contribution in [0.5, 0.6) is 0 Å². The molecule has 20 heavy (non-hydrogen) atoms. The molecule has 1 saturated heterocycles. The van der Waals surface area contributed by atoms with E-state index < -0.39 is 4.92 Å². The molecule has 1 aliphatic heterocycles. The fourth-order valence-corrected chi connectivity index (χ4v) is 2.29. The second-order valence-electron chi connectivity index (χ2n) is 4.74. The lowest BCUT2D eigenvalue weighted by Crippen LogP contribution is -2.39. The number of nitrogens with two attached hydrogens (primary N) is 1. The molecule has 0 spiro atoms. The molecule has 0 atom stereocenters. The lowest BCUT2D eigenvalue weighted by molar-refractivity contribution is -0.384. The predicted molar refractivity (Wildman–Crippen MR) is 74.6 cm³/mol. The third-order valence-corrected chi connectivity index (χ3v) is 3.48. The molecule has 0 bridgehead atoms. The third-order valence-electron chi connectivity index (χ3n) is 3.48. The summed E-state index contributed by atoms with van der Waals surface area (Å²) in [7, 11) is 1.66. The molecule has 108 valence electrons. The Bertz CT molecular complexity index is 526. The van der Waals surface area contributed by atoms with Crippen LogP contribution in [0.15, 0.2) is 12.1 Å². The van der Waals surface area contributed by atoms with Crippen LogP contribution in [-0.4, -0.2) is 36.0 Å². The molecule has 3 N–H and O–H groups in total. The van der Waals surface area contributed by atoms with E-state index in [1.807, 2.05) is 4.90 Å². The van der Waals surface area contributed by atoms with Crippen molar-refractivity contribution >= 4 is 23.2 Å². The van der Waals surface area contributed by atoms with Crippen LogP contribution in [0, 0.1) is 16.0 Å². The van der Waals surface area contributed by atoms with Crippen molar-refractivity contribution < 1.29 is 9.72 Å². The minimum absolute atomic E-state index is 0.00336. The van der Waals surface area contributed by atoms with E-state index in [-0.39, 0.29) is 17.5 Å². The minimum atomic E-state index is -0.442. The number of primary amides is 1. The van der Waals surface area contributed by atoms with Gasteiger partial charge >= 0.3 is 0 Å². The van der Waals surface area contributed by atoms with Gasteiger partial charge in [0.2, 0.25) is 5.91 Å². The monoisotopic (exact) mass is 279 g/mol. The number of carbonyl (C=O) groups is 1. The Kier molecular flexibility index (Phi) is 4.02. The van der Waals surface area contributed by atoms with Gasteiger partial charge in [0.15, 0.2) is 0 Å². The fraction of sp³-hybridized carbons (Fsp3) is 0.500. The zero-order valence-electron chi connectivity index (χ0n) is 11.2. The highest BCUT2D eigenvalue weighted by molar-refractivity contribution is 5.77. The first-order chi connectivity index (χ1) is 9.51. The summed E-state index contributed by atoms with van der Waals surface area (Å²) >= 11 is 0. The second-order valence-corrected chi connectivity index (χ2v) is 4.74. The zero-order valence-corrected chi connectivity index (χ0v) is 11.2.